The van der Waals surface area contributed by atoms with Crippen LogP contribution >= 0.6 is 0 Å². The van der Waals surface area contributed by atoms with Gasteiger partial charge in [0.2, 0.25) is 0 Å². The number of furan rings is 1. The summed E-state index contributed by atoms with van der Waals surface area (Å²) in [5.41, 5.74) is 3.30. The molecule has 1 aliphatic rings. The minimum Gasteiger partial charge on any atom is -0.469 e. The zero-order valence-electron chi connectivity index (χ0n) is 13.8. The molecule has 124 valence electrons. The highest BCUT2D eigenvalue weighted by Crippen LogP contribution is 2.30. The zero-order chi connectivity index (χ0) is 16.2. The number of amides is 2. The highest BCUT2D eigenvalue weighted by molar-refractivity contribution is 5.74. The van der Waals surface area contributed by atoms with Crippen LogP contribution in [-0.2, 0) is 13.0 Å². The number of nitrogens with one attached hydrogen (secondary N) is 2. The van der Waals surface area contributed by atoms with E-state index in [1.807, 2.05) is 24.6 Å². The number of carbonyl (C=O) groups excluding carboxylic acids is 1. The van der Waals surface area contributed by atoms with E-state index in [4.69, 9.17) is 4.42 Å². The fourth-order valence-electron chi connectivity index (χ4n) is 3.18. The number of fused-ring (bicyclic) bond motifs is 1. The summed E-state index contributed by atoms with van der Waals surface area (Å²) in [4.78, 5) is 12.1. The second kappa shape index (κ2) is 6.89. The summed E-state index contributed by atoms with van der Waals surface area (Å²) < 4.78 is 7.43. The normalized spacial score (nSPS) is 16.9. The molecular weight excluding hydrogens is 292 g/mol. The Labute approximate surface area is 136 Å². The summed E-state index contributed by atoms with van der Waals surface area (Å²) in [5, 5.41) is 10.4. The first-order valence-electron chi connectivity index (χ1n) is 8.25. The first-order chi connectivity index (χ1) is 11.1. The van der Waals surface area contributed by atoms with Crippen LogP contribution in [0.15, 0.2) is 22.8 Å². The van der Waals surface area contributed by atoms with Crippen LogP contribution < -0.4 is 10.6 Å². The largest absolute Gasteiger partial charge is 0.469 e. The summed E-state index contributed by atoms with van der Waals surface area (Å²) >= 11 is 0. The Morgan fingerprint density at radius 3 is 3.13 bits per heavy atom. The van der Waals surface area contributed by atoms with Crippen molar-refractivity contribution in [2.24, 2.45) is 0 Å². The van der Waals surface area contributed by atoms with Gasteiger partial charge in [0.1, 0.15) is 5.76 Å². The third-order valence-corrected chi connectivity index (χ3v) is 4.29. The van der Waals surface area contributed by atoms with E-state index in [1.54, 1.807) is 6.26 Å². The monoisotopic (exact) mass is 316 g/mol. The molecule has 0 spiro atoms. The maximum Gasteiger partial charge on any atom is 0.315 e. The third-order valence-electron chi connectivity index (χ3n) is 4.29. The standard InChI is InChI=1S/C17H24N4O2/c1-12-11-13(2)21(20-12)9-4-8-18-17(22)19-15-5-3-6-16-14(15)7-10-23-16/h7,10-11,15H,3-6,8-9H2,1-2H3,(H2,18,19,22). The average molecular weight is 316 g/mol. The number of hydrogen-bond donors (Lipinski definition) is 2. The highest BCUT2D eigenvalue weighted by atomic mass is 16.3. The van der Waals surface area contributed by atoms with Crippen molar-refractivity contribution in [1.29, 1.82) is 0 Å². The summed E-state index contributed by atoms with van der Waals surface area (Å²) in [5.74, 6) is 1.01. The Kier molecular flexibility index (Phi) is 4.69. The van der Waals surface area contributed by atoms with Crippen molar-refractivity contribution in [3.63, 3.8) is 0 Å². The highest BCUT2D eigenvalue weighted by Gasteiger charge is 2.23. The maximum atomic E-state index is 12.1. The second-order valence-corrected chi connectivity index (χ2v) is 6.15. The van der Waals surface area contributed by atoms with Crippen molar-refractivity contribution in [2.45, 2.75) is 52.1 Å². The number of aromatic nitrogens is 2. The number of nitrogens with zero attached hydrogens (tertiary/aromatic N) is 2. The first kappa shape index (κ1) is 15.6. The molecule has 23 heavy (non-hydrogen) atoms. The Balaban J connectivity index is 1.41. The fourth-order valence-corrected chi connectivity index (χ4v) is 3.18. The van der Waals surface area contributed by atoms with E-state index < -0.39 is 0 Å². The molecule has 1 atom stereocenters. The summed E-state index contributed by atoms with van der Waals surface area (Å²) in [6, 6.07) is 3.97. The smallest absolute Gasteiger partial charge is 0.315 e. The molecule has 0 fully saturated rings. The molecule has 6 heteroatoms. The van der Waals surface area contributed by atoms with Gasteiger partial charge in [0.25, 0.3) is 0 Å². The van der Waals surface area contributed by atoms with Gasteiger partial charge in [-0.2, -0.15) is 5.10 Å². The summed E-state index contributed by atoms with van der Waals surface area (Å²) in [6.45, 7) is 5.49. The number of rotatable bonds is 5. The predicted octanol–water partition coefficient (Wildman–Crippen LogP) is 2.86. The van der Waals surface area contributed by atoms with Gasteiger partial charge < -0.3 is 15.1 Å². The van der Waals surface area contributed by atoms with Crippen LogP contribution in [0.5, 0.6) is 0 Å². The topological polar surface area (TPSA) is 72.1 Å². The lowest BCUT2D eigenvalue weighted by Gasteiger charge is -2.22. The molecule has 2 aromatic heterocycles. The van der Waals surface area contributed by atoms with Gasteiger partial charge in [-0.3, -0.25) is 4.68 Å². The van der Waals surface area contributed by atoms with Gasteiger partial charge in [-0.1, -0.05) is 0 Å². The lowest BCUT2D eigenvalue weighted by atomic mass is 9.93. The number of hydrogen-bond acceptors (Lipinski definition) is 3. The fraction of sp³-hybridized carbons (Fsp3) is 0.529. The van der Waals surface area contributed by atoms with Crippen LogP contribution in [0.25, 0.3) is 0 Å². The quantitative estimate of drug-likeness (QED) is 0.833. The molecule has 6 nitrogen and oxygen atoms in total. The molecule has 0 saturated heterocycles. The molecule has 0 bridgehead atoms. The van der Waals surface area contributed by atoms with Crippen molar-refractivity contribution >= 4 is 6.03 Å². The van der Waals surface area contributed by atoms with E-state index in [0.29, 0.717) is 6.54 Å². The lowest BCUT2D eigenvalue weighted by Crippen LogP contribution is -2.39. The van der Waals surface area contributed by atoms with Crippen molar-refractivity contribution in [3.8, 4) is 0 Å². The molecule has 3 rings (SSSR count). The third kappa shape index (κ3) is 3.75. The molecule has 1 aliphatic carbocycles. The van der Waals surface area contributed by atoms with Gasteiger partial charge in [-0.05, 0) is 45.2 Å². The van der Waals surface area contributed by atoms with Crippen LogP contribution in [0.4, 0.5) is 4.79 Å². The number of aryl methyl sites for hydroxylation is 4. The van der Waals surface area contributed by atoms with Gasteiger partial charge >= 0.3 is 6.03 Å². The van der Waals surface area contributed by atoms with Gasteiger partial charge in [-0.25, -0.2) is 4.79 Å². The average Bonchev–Trinajstić information content (AvgIpc) is 3.11. The van der Waals surface area contributed by atoms with Crippen molar-refractivity contribution in [2.75, 3.05) is 6.54 Å². The summed E-state index contributed by atoms with van der Waals surface area (Å²) in [7, 11) is 0. The molecule has 0 saturated carbocycles. The maximum absolute atomic E-state index is 12.1. The van der Waals surface area contributed by atoms with Gasteiger partial charge in [0, 0.05) is 30.8 Å². The SMILES string of the molecule is Cc1cc(C)n(CCCNC(=O)NC2CCCc3occc32)n1. The minimum absolute atomic E-state index is 0.0634. The molecule has 0 aromatic carbocycles. The first-order valence-corrected chi connectivity index (χ1v) is 8.25. The van der Waals surface area contributed by atoms with E-state index in [-0.39, 0.29) is 12.1 Å². The summed E-state index contributed by atoms with van der Waals surface area (Å²) in [6.07, 6.45) is 5.54. The number of carbonyl (C=O) groups is 1. The van der Waals surface area contributed by atoms with Crippen LogP contribution in [0.3, 0.4) is 0 Å². The van der Waals surface area contributed by atoms with E-state index in [9.17, 15) is 4.79 Å². The van der Waals surface area contributed by atoms with E-state index in [0.717, 1.165) is 54.9 Å². The molecule has 2 amide bonds. The van der Waals surface area contributed by atoms with Gasteiger partial charge in [0.05, 0.1) is 18.0 Å². The predicted molar refractivity (Wildman–Crippen MR) is 87.2 cm³/mol. The second-order valence-electron chi connectivity index (χ2n) is 6.15. The molecule has 0 aliphatic heterocycles. The van der Waals surface area contributed by atoms with Crippen LogP contribution in [0, 0.1) is 13.8 Å². The molecule has 2 heterocycles. The minimum atomic E-state index is -0.114. The molecule has 0 radical (unpaired) electrons. The van der Waals surface area contributed by atoms with E-state index >= 15 is 0 Å². The zero-order valence-corrected chi connectivity index (χ0v) is 13.8. The van der Waals surface area contributed by atoms with Crippen LogP contribution in [0.2, 0.25) is 0 Å². The molecule has 2 aromatic rings. The molecule has 2 N–H and O–H groups in total. The number of urea groups is 1. The van der Waals surface area contributed by atoms with Crippen LogP contribution in [-0.4, -0.2) is 22.4 Å². The Bertz CT molecular complexity index is 674. The van der Waals surface area contributed by atoms with E-state index in [1.165, 1.54) is 0 Å². The molecule has 1 unspecified atom stereocenters. The Hall–Kier alpha value is -2.24. The van der Waals surface area contributed by atoms with Gasteiger partial charge in [0.15, 0.2) is 0 Å². The lowest BCUT2D eigenvalue weighted by molar-refractivity contribution is 0.235. The van der Waals surface area contributed by atoms with Crippen molar-refractivity contribution in [3.05, 3.63) is 41.1 Å². The van der Waals surface area contributed by atoms with Gasteiger partial charge in [-0.15, -0.1) is 0 Å². The Morgan fingerprint density at radius 1 is 1.48 bits per heavy atom. The van der Waals surface area contributed by atoms with Crippen molar-refractivity contribution < 1.29 is 9.21 Å². The Morgan fingerprint density at radius 2 is 2.35 bits per heavy atom. The van der Waals surface area contributed by atoms with Crippen LogP contribution in [0.1, 0.15) is 48.0 Å². The van der Waals surface area contributed by atoms with E-state index in [2.05, 4.69) is 21.8 Å². The molecular formula is C17H24N4O2. The van der Waals surface area contributed by atoms with Crippen molar-refractivity contribution in [1.82, 2.24) is 20.4 Å².